The van der Waals surface area contributed by atoms with Gasteiger partial charge in [0.25, 0.3) is 0 Å². The Morgan fingerprint density at radius 1 is 1.24 bits per heavy atom. The van der Waals surface area contributed by atoms with E-state index in [1.807, 2.05) is 12.3 Å². The summed E-state index contributed by atoms with van der Waals surface area (Å²) in [7, 11) is 1.76. The second-order valence-electron chi connectivity index (χ2n) is 7.68. The average molecular weight is 480 g/mol. The van der Waals surface area contributed by atoms with Gasteiger partial charge in [-0.05, 0) is 36.2 Å². The molecular formula is C23H22ClN7OS. The van der Waals surface area contributed by atoms with Crippen molar-refractivity contribution in [3.8, 4) is 16.9 Å². The summed E-state index contributed by atoms with van der Waals surface area (Å²) in [6.07, 6.45) is 3.54. The maximum absolute atomic E-state index is 6.41. The number of nitrogen functional groups attached to an aromatic ring is 1. The molecule has 8 nitrogen and oxygen atoms in total. The fraction of sp³-hybridized carbons (Fsp3) is 0.217. The van der Waals surface area contributed by atoms with Crippen molar-refractivity contribution < 1.29 is 4.74 Å². The molecule has 0 fully saturated rings. The number of pyridine rings is 1. The zero-order valence-electron chi connectivity index (χ0n) is 18.2. The van der Waals surface area contributed by atoms with E-state index >= 15 is 0 Å². The molecule has 3 N–H and O–H groups in total. The van der Waals surface area contributed by atoms with Crippen molar-refractivity contribution in [2.45, 2.75) is 13.5 Å². The molecule has 3 aromatic heterocycles. The molecule has 1 aliphatic heterocycles. The van der Waals surface area contributed by atoms with Crippen LogP contribution in [0.4, 0.5) is 16.9 Å². The summed E-state index contributed by atoms with van der Waals surface area (Å²) in [5.41, 5.74) is 11.5. The zero-order valence-corrected chi connectivity index (χ0v) is 19.8. The number of nitrogens with two attached hydrogens (primary N) is 1. The number of aromatic nitrogens is 4. The molecular weight excluding hydrogens is 458 g/mol. The summed E-state index contributed by atoms with van der Waals surface area (Å²) >= 11 is 7.80. The molecule has 168 valence electrons. The van der Waals surface area contributed by atoms with Crippen LogP contribution in [0.3, 0.4) is 0 Å². The van der Waals surface area contributed by atoms with Crippen molar-refractivity contribution in [2.24, 2.45) is 0 Å². The van der Waals surface area contributed by atoms with Crippen LogP contribution in [-0.2, 0) is 6.54 Å². The van der Waals surface area contributed by atoms with Crippen LogP contribution >= 0.6 is 22.9 Å². The third-order valence-corrected chi connectivity index (χ3v) is 6.62. The summed E-state index contributed by atoms with van der Waals surface area (Å²) in [4.78, 5) is 20.8. The molecule has 1 aromatic carbocycles. The lowest BCUT2D eigenvalue weighted by Gasteiger charge is -2.24. The molecule has 1 aliphatic rings. The Morgan fingerprint density at radius 2 is 2.09 bits per heavy atom. The fourth-order valence-electron chi connectivity index (χ4n) is 4.02. The Hall–Kier alpha value is -3.43. The van der Waals surface area contributed by atoms with Gasteiger partial charge in [0.1, 0.15) is 33.7 Å². The quantitative estimate of drug-likeness (QED) is 0.403. The van der Waals surface area contributed by atoms with E-state index in [1.165, 1.54) is 11.3 Å². The number of hydrogen-bond acceptors (Lipinski definition) is 9. The van der Waals surface area contributed by atoms with Crippen LogP contribution in [0, 0.1) is 6.92 Å². The summed E-state index contributed by atoms with van der Waals surface area (Å²) in [6, 6.07) is 6.27. The van der Waals surface area contributed by atoms with Crippen LogP contribution in [0.15, 0.2) is 31.0 Å². The van der Waals surface area contributed by atoms with Gasteiger partial charge in [-0.2, -0.15) is 4.98 Å². The number of rotatable bonds is 4. The van der Waals surface area contributed by atoms with Crippen LogP contribution in [0.5, 0.6) is 5.75 Å². The van der Waals surface area contributed by atoms with Crippen molar-refractivity contribution in [3.63, 3.8) is 0 Å². The van der Waals surface area contributed by atoms with Gasteiger partial charge in [0.05, 0.1) is 12.1 Å². The van der Waals surface area contributed by atoms with Crippen molar-refractivity contribution in [3.05, 3.63) is 52.8 Å². The zero-order chi connectivity index (χ0) is 23.1. The van der Waals surface area contributed by atoms with Crippen LogP contribution in [0.25, 0.3) is 27.6 Å². The largest absolute Gasteiger partial charge is 0.491 e. The van der Waals surface area contributed by atoms with Crippen molar-refractivity contribution in [1.82, 2.24) is 19.9 Å². The first-order valence-corrected chi connectivity index (χ1v) is 11.6. The molecule has 0 radical (unpaired) electrons. The molecule has 4 aromatic rings. The Balaban J connectivity index is 1.58. The first kappa shape index (κ1) is 21.4. The minimum atomic E-state index is 0.358. The molecule has 33 heavy (non-hydrogen) atoms. The van der Waals surface area contributed by atoms with E-state index in [1.54, 1.807) is 13.1 Å². The maximum atomic E-state index is 6.41. The Bertz CT molecular complexity index is 1390. The number of nitrogens with one attached hydrogen (secondary N) is 1. The number of ether oxygens (including phenoxy) is 1. The highest BCUT2D eigenvalue weighted by Gasteiger charge is 2.23. The number of hydrogen-bond donors (Lipinski definition) is 2. The van der Waals surface area contributed by atoms with E-state index in [2.05, 4.69) is 55.8 Å². The number of fused-ring (bicyclic) bond motifs is 2. The third-order valence-electron chi connectivity index (χ3n) is 5.52. The van der Waals surface area contributed by atoms with E-state index in [4.69, 9.17) is 22.1 Å². The molecule has 0 aliphatic carbocycles. The number of thiazole rings is 1. The van der Waals surface area contributed by atoms with Crippen LogP contribution in [0.2, 0.25) is 5.15 Å². The van der Waals surface area contributed by atoms with E-state index in [-0.39, 0.29) is 0 Å². The van der Waals surface area contributed by atoms with E-state index in [9.17, 15) is 0 Å². The smallest absolute Gasteiger partial charge is 0.225 e. The normalized spacial score (nSPS) is 13.4. The van der Waals surface area contributed by atoms with Gasteiger partial charge in [-0.1, -0.05) is 35.6 Å². The number of aryl methyl sites for hydroxylation is 1. The number of benzene rings is 1. The second kappa shape index (κ2) is 8.49. The number of anilines is 3. The number of nitrogens with zero attached hydrogens (tertiary/aromatic N) is 5. The lowest BCUT2D eigenvalue weighted by molar-refractivity contribution is 0.329. The van der Waals surface area contributed by atoms with Crippen molar-refractivity contribution in [1.29, 1.82) is 0 Å². The van der Waals surface area contributed by atoms with Crippen LogP contribution < -0.4 is 20.7 Å². The first-order chi connectivity index (χ1) is 16.0. The van der Waals surface area contributed by atoms with Crippen molar-refractivity contribution in [2.75, 3.05) is 36.1 Å². The van der Waals surface area contributed by atoms with Gasteiger partial charge >= 0.3 is 0 Å². The molecule has 0 unspecified atom stereocenters. The summed E-state index contributed by atoms with van der Waals surface area (Å²) in [5, 5.41) is 3.84. The second-order valence-corrected chi connectivity index (χ2v) is 9.05. The van der Waals surface area contributed by atoms with Gasteiger partial charge in [0.15, 0.2) is 5.13 Å². The van der Waals surface area contributed by atoms with Gasteiger partial charge in [-0.3, -0.25) is 0 Å². The highest BCUT2D eigenvalue weighted by Crippen LogP contribution is 2.36. The summed E-state index contributed by atoms with van der Waals surface area (Å²) in [6.45, 7) is 7.72. The van der Waals surface area contributed by atoms with Crippen molar-refractivity contribution >= 4 is 56.3 Å². The van der Waals surface area contributed by atoms with Crippen LogP contribution in [0.1, 0.15) is 16.7 Å². The van der Waals surface area contributed by atoms with Gasteiger partial charge < -0.3 is 20.7 Å². The Morgan fingerprint density at radius 3 is 2.88 bits per heavy atom. The predicted molar refractivity (Wildman–Crippen MR) is 135 cm³/mol. The van der Waals surface area contributed by atoms with E-state index < -0.39 is 0 Å². The van der Waals surface area contributed by atoms with E-state index in [0.717, 1.165) is 44.2 Å². The summed E-state index contributed by atoms with van der Waals surface area (Å²) in [5.74, 6) is 2.06. The first-order valence-electron chi connectivity index (χ1n) is 10.4. The predicted octanol–water partition coefficient (Wildman–Crippen LogP) is 4.78. The lowest BCUT2D eigenvalue weighted by atomic mass is 9.99. The van der Waals surface area contributed by atoms with Gasteiger partial charge in [0, 0.05) is 30.9 Å². The SMILES string of the molecule is C=Cc1c(Cl)nc(NC)nc1N1CCOc2c(C)cc(-c3cnc4sc(N)nc4c3)cc2C1. The minimum Gasteiger partial charge on any atom is -0.491 e. The highest BCUT2D eigenvalue weighted by atomic mass is 35.5. The molecule has 5 rings (SSSR count). The van der Waals surface area contributed by atoms with Gasteiger partial charge in [-0.15, -0.1) is 0 Å². The van der Waals surface area contributed by atoms with Crippen LogP contribution in [-0.4, -0.2) is 40.1 Å². The molecule has 0 amide bonds. The maximum Gasteiger partial charge on any atom is 0.225 e. The molecule has 0 saturated carbocycles. The monoisotopic (exact) mass is 479 g/mol. The third kappa shape index (κ3) is 3.94. The van der Waals surface area contributed by atoms with Gasteiger partial charge in [0.2, 0.25) is 5.95 Å². The standard InChI is InChI=1S/C23H22ClN7OS/c1-4-16-19(24)29-23(26-3)30-20(16)31-5-6-32-18-12(2)7-13(8-15(18)11-31)14-9-17-21(27-10-14)33-22(25)28-17/h4,7-10H,1,5-6,11H2,2-3H3,(H2,25,28)(H,26,29,30). The molecule has 0 spiro atoms. The fourth-order valence-corrected chi connectivity index (χ4v) is 4.92. The van der Waals surface area contributed by atoms with Gasteiger partial charge in [-0.25, -0.2) is 15.0 Å². The Kier molecular flexibility index (Phi) is 5.51. The molecule has 0 saturated heterocycles. The lowest BCUT2D eigenvalue weighted by Crippen LogP contribution is -2.27. The topological polar surface area (TPSA) is 102 Å². The Labute approximate surface area is 200 Å². The molecule has 4 heterocycles. The average Bonchev–Trinajstić information content (AvgIpc) is 3.03. The van der Waals surface area contributed by atoms with E-state index in [0.29, 0.717) is 41.5 Å². The molecule has 0 bridgehead atoms. The molecule has 0 atom stereocenters. The summed E-state index contributed by atoms with van der Waals surface area (Å²) < 4.78 is 6.15. The number of halogens is 1. The highest BCUT2D eigenvalue weighted by molar-refractivity contribution is 7.21. The molecule has 10 heteroatoms. The minimum absolute atomic E-state index is 0.358.